The predicted molar refractivity (Wildman–Crippen MR) is 93.8 cm³/mol. The van der Waals surface area contributed by atoms with Crippen molar-refractivity contribution >= 4 is 23.0 Å². The van der Waals surface area contributed by atoms with Crippen molar-refractivity contribution in [3.63, 3.8) is 0 Å². The number of piperazine rings is 1. The normalized spacial score (nSPS) is 14.7. The number of aromatic nitrogens is 3. The molecular formula is C17H21N5O4. The lowest BCUT2D eigenvalue weighted by atomic mass is 10.2. The van der Waals surface area contributed by atoms with E-state index in [4.69, 9.17) is 4.74 Å². The van der Waals surface area contributed by atoms with Crippen LogP contribution in [0.25, 0.3) is 11.2 Å². The van der Waals surface area contributed by atoms with E-state index >= 15 is 0 Å². The van der Waals surface area contributed by atoms with E-state index < -0.39 is 11.5 Å². The molecule has 1 aliphatic rings. The maximum absolute atomic E-state index is 12.9. The van der Waals surface area contributed by atoms with Crippen LogP contribution in [0.2, 0.25) is 0 Å². The number of hydrogen-bond donors (Lipinski definition) is 0. The van der Waals surface area contributed by atoms with Gasteiger partial charge in [-0.25, -0.2) is 9.97 Å². The Bertz CT molecular complexity index is 886. The Hall–Kier alpha value is -2.81. The Labute approximate surface area is 150 Å². The van der Waals surface area contributed by atoms with E-state index in [0.29, 0.717) is 43.9 Å². The van der Waals surface area contributed by atoms with Gasteiger partial charge in [0, 0.05) is 46.4 Å². The van der Waals surface area contributed by atoms with Crippen LogP contribution in [0.1, 0.15) is 17.4 Å². The van der Waals surface area contributed by atoms with Crippen LogP contribution in [0.15, 0.2) is 23.1 Å². The average molecular weight is 359 g/mol. The molecule has 0 bridgehead atoms. The predicted octanol–water partition coefficient (Wildman–Crippen LogP) is -0.258. The Kier molecular flexibility index (Phi) is 5.27. The number of pyridine rings is 1. The van der Waals surface area contributed by atoms with E-state index in [1.54, 1.807) is 35.2 Å². The van der Waals surface area contributed by atoms with Gasteiger partial charge in [-0.15, -0.1) is 0 Å². The number of carbonyl (C=O) groups excluding carboxylic acids is 2. The standard InChI is InChI=1S/C17H21N5O4/c1-12(23)20-6-8-21(9-7-20)16(24)14-17(25)22(10-11-26-2)15-13(19-14)4-3-5-18-15/h3-5H,6-11H2,1-2H3. The number of nitrogens with zero attached hydrogens (tertiary/aromatic N) is 5. The van der Waals surface area contributed by atoms with Gasteiger partial charge in [0.25, 0.3) is 11.5 Å². The Morgan fingerprint density at radius 1 is 1.19 bits per heavy atom. The minimum atomic E-state index is -0.479. The smallest absolute Gasteiger partial charge is 0.283 e. The van der Waals surface area contributed by atoms with E-state index in [-0.39, 0.29) is 18.1 Å². The van der Waals surface area contributed by atoms with Crippen molar-refractivity contribution in [3.8, 4) is 0 Å². The second-order valence-corrected chi connectivity index (χ2v) is 6.05. The highest BCUT2D eigenvalue weighted by Gasteiger charge is 2.27. The Morgan fingerprint density at radius 2 is 1.88 bits per heavy atom. The van der Waals surface area contributed by atoms with Crippen LogP contribution in [0.3, 0.4) is 0 Å². The van der Waals surface area contributed by atoms with Crippen molar-refractivity contribution < 1.29 is 14.3 Å². The lowest BCUT2D eigenvalue weighted by Gasteiger charge is -2.33. The van der Waals surface area contributed by atoms with Gasteiger partial charge in [-0.3, -0.25) is 19.0 Å². The van der Waals surface area contributed by atoms with Crippen LogP contribution in [0, 0.1) is 0 Å². The molecule has 0 spiro atoms. The summed E-state index contributed by atoms with van der Waals surface area (Å²) in [5.41, 5.74) is 0.298. The highest BCUT2D eigenvalue weighted by atomic mass is 16.5. The molecule has 26 heavy (non-hydrogen) atoms. The third kappa shape index (κ3) is 3.43. The largest absolute Gasteiger partial charge is 0.383 e. The molecule has 9 heteroatoms. The number of hydrogen-bond acceptors (Lipinski definition) is 6. The first-order valence-corrected chi connectivity index (χ1v) is 8.42. The molecule has 3 heterocycles. The molecule has 138 valence electrons. The molecule has 2 aromatic heterocycles. The van der Waals surface area contributed by atoms with E-state index in [1.165, 1.54) is 11.5 Å². The fourth-order valence-electron chi connectivity index (χ4n) is 2.98. The molecule has 2 amide bonds. The third-order valence-electron chi connectivity index (χ3n) is 4.44. The van der Waals surface area contributed by atoms with Gasteiger partial charge in [-0.2, -0.15) is 0 Å². The maximum Gasteiger partial charge on any atom is 0.283 e. The van der Waals surface area contributed by atoms with E-state index in [1.807, 2.05) is 0 Å². The summed E-state index contributed by atoms with van der Waals surface area (Å²) in [5.74, 6) is -0.441. The average Bonchev–Trinajstić information content (AvgIpc) is 2.66. The van der Waals surface area contributed by atoms with Crippen molar-refractivity contribution in [2.45, 2.75) is 13.5 Å². The summed E-state index contributed by atoms with van der Waals surface area (Å²) in [6.07, 6.45) is 1.58. The lowest BCUT2D eigenvalue weighted by Crippen LogP contribution is -2.51. The summed E-state index contributed by atoms with van der Waals surface area (Å²) in [4.78, 5) is 48.8. The van der Waals surface area contributed by atoms with Gasteiger partial charge in [0.2, 0.25) is 5.91 Å². The summed E-state index contributed by atoms with van der Waals surface area (Å²) in [7, 11) is 1.54. The van der Waals surface area contributed by atoms with Crippen LogP contribution in [-0.2, 0) is 16.1 Å². The number of methoxy groups -OCH3 is 1. The summed E-state index contributed by atoms with van der Waals surface area (Å²) in [6, 6.07) is 3.43. The first-order valence-electron chi connectivity index (χ1n) is 8.42. The van der Waals surface area contributed by atoms with Crippen molar-refractivity contribution in [1.29, 1.82) is 0 Å². The van der Waals surface area contributed by atoms with Gasteiger partial charge in [-0.05, 0) is 12.1 Å². The molecule has 3 rings (SSSR count). The minimum Gasteiger partial charge on any atom is -0.383 e. The zero-order valence-corrected chi connectivity index (χ0v) is 14.8. The fourth-order valence-corrected chi connectivity index (χ4v) is 2.98. The second kappa shape index (κ2) is 7.61. The van der Waals surface area contributed by atoms with Crippen molar-refractivity contribution in [1.82, 2.24) is 24.3 Å². The van der Waals surface area contributed by atoms with Gasteiger partial charge in [0.1, 0.15) is 5.52 Å². The molecule has 1 saturated heterocycles. The van der Waals surface area contributed by atoms with Crippen LogP contribution in [0.5, 0.6) is 0 Å². The quantitative estimate of drug-likeness (QED) is 0.746. The van der Waals surface area contributed by atoms with Crippen LogP contribution in [0.4, 0.5) is 0 Å². The zero-order valence-electron chi connectivity index (χ0n) is 14.8. The topological polar surface area (TPSA) is 97.6 Å². The highest BCUT2D eigenvalue weighted by molar-refractivity contribution is 5.93. The van der Waals surface area contributed by atoms with Crippen LogP contribution < -0.4 is 5.56 Å². The maximum atomic E-state index is 12.9. The fraction of sp³-hybridized carbons (Fsp3) is 0.471. The SMILES string of the molecule is COCCn1c(=O)c(C(=O)N2CCN(C(C)=O)CC2)nc2cccnc21. The molecule has 1 aliphatic heterocycles. The van der Waals surface area contributed by atoms with E-state index in [9.17, 15) is 14.4 Å². The molecule has 0 radical (unpaired) electrons. The molecule has 0 aliphatic carbocycles. The second-order valence-electron chi connectivity index (χ2n) is 6.05. The number of ether oxygens (including phenoxy) is 1. The third-order valence-corrected chi connectivity index (χ3v) is 4.44. The monoisotopic (exact) mass is 359 g/mol. The summed E-state index contributed by atoms with van der Waals surface area (Å²) < 4.78 is 6.48. The van der Waals surface area contributed by atoms with Crippen molar-refractivity contribution in [2.24, 2.45) is 0 Å². The zero-order chi connectivity index (χ0) is 18.7. The molecule has 0 unspecified atom stereocenters. The molecule has 0 N–H and O–H groups in total. The molecule has 0 atom stereocenters. The van der Waals surface area contributed by atoms with Gasteiger partial charge in [0.05, 0.1) is 13.2 Å². The minimum absolute atomic E-state index is 0.0195. The molecule has 1 fully saturated rings. The Balaban J connectivity index is 1.94. The van der Waals surface area contributed by atoms with Gasteiger partial charge < -0.3 is 14.5 Å². The molecular weight excluding hydrogens is 338 g/mol. The first-order chi connectivity index (χ1) is 12.5. The molecule has 2 aromatic rings. The van der Waals surface area contributed by atoms with Crippen molar-refractivity contribution in [3.05, 3.63) is 34.4 Å². The van der Waals surface area contributed by atoms with Gasteiger partial charge >= 0.3 is 0 Å². The van der Waals surface area contributed by atoms with Crippen LogP contribution in [-0.4, -0.2) is 76.0 Å². The molecule has 0 aromatic carbocycles. The van der Waals surface area contributed by atoms with Gasteiger partial charge in [-0.1, -0.05) is 0 Å². The van der Waals surface area contributed by atoms with Crippen LogP contribution >= 0.6 is 0 Å². The number of rotatable bonds is 4. The van der Waals surface area contributed by atoms with E-state index in [0.717, 1.165) is 0 Å². The number of carbonyl (C=O) groups is 2. The summed E-state index contributed by atoms with van der Waals surface area (Å²) in [5, 5.41) is 0. The Morgan fingerprint density at radius 3 is 2.54 bits per heavy atom. The molecule has 0 saturated carbocycles. The summed E-state index contributed by atoms with van der Waals surface area (Å²) >= 11 is 0. The highest BCUT2D eigenvalue weighted by Crippen LogP contribution is 2.10. The van der Waals surface area contributed by atoms with Crippen molar-refractivity contribution in [2.75, 3.05) is 39.9 Å². The number of fused-ring (bicyclic) bond motifs is 1. The summed E-state index contributed by atoms with van der Waals surface area (Å²) in [6.45, 7) is 3.77. The van der Waals surface area contributed by atoms with E-state index in [2.05, 4.69) is 9.97 Å². The first kappa shape index (κ1) is 18.0. The van der Waals surface area contributed by atoms with Gasteiger partial charge in [0.15, 0.2) is 11.3 Å². The molecule has 9 nitrogen and oxygen atoms in total. The lowest BCUT2D eigenvalue weighted by molar-refractivity contribution is -0.130. The number of amides is 2.